The second-order valence-electron chi connectivity index (χ2n) is 4.31. The lowest BCUT2D eigenvalue weighted by molar-refractivity contribution is 1.16. The number of anilines is 1. The van der Waals surface area contributed by atoms with Crippen LogP contribution in [0.5, 0.6) is 0 Å². The summed E-state index contributed by atoms with van der Waals surface area (Å²) in [7, 11) is 0. The van der Waals surface area contributed by atoms with Gasteiger partial charge in [-0.2, -0.15) is 11.3 Å². The van der Waals surface area contributed by atoms with Crippen LogP contribution in [0.25, 0.3) is 11.3 Å². The number of thiazole rings is 1. The standard InChI is InChI=1S/C15H14N2S2/c1-11-17-15(10-19-11)13-2-4-14(5-3-13)16-8-12-6-7-18-9-12/h2-7,9-10,16H,8H2,1H3. The summed E-state index contributed by atoms with van der Waals surface area (Å²) in [6.07, 6.45) is 0. The number of aromatic nitrogens is 1. The molecule has 0 aliphatic rings. The van der Waals surface area contributed by atoms with Crippen molar-refractivity contribution in [3.63, 3.8) is 0 Å². The molecule has 0 bridgehead atoms. The Kier molecular flexibility index (Phi) is 3.62. The van der Waals surface area contributed by atoms with Crippen LogP contribution in [0.4, 0.5) is 5.69 Å². The molecule has 2 heterocycles. The monoisotopic (exact) mass is 286 g/mol. The number of nitrogens with zero attached hydrogens (tertiary/aromatic N) is 1. The first-order chi connectivity index (χ1) is 9.31. The van der Waals surface area contributed by atoms with E-state index in [1.54, 1.807) is 22.7 Å². The second kappa shape index (κ2) is 5.55. The van der Waals surface area contributed by atoms with Crippen LogP contribution in [-0.2, 0) is 6.54 Å². The van der Waals surface area contributed by atoms with Crippen LogP contribution in [0.2, 0.25) is 0 Å². The molecule has 0 radical (unpaired) electrons. The van der Waals surface area contributed by atoms with Crippen molar-refractivity contribution in [1.82, 2.24) is 4.98 Å². The molecule has 1 aromatic carbocycles. The molecule has 0 saturated carbocycles. The zero-order valence-corrected chi connectivity index (χ0v) is 12.2. The van der Waals surface area contributed by atoms with Gasteiger partial charge in [0.25, 0.3) is 0 Å². The summed E-state index contributed by atoms with van der Waals surface area (Å²) in [6, 6.07) is 10.6. The normalized spacial score (nSPS) is 10.6. The lowest BCUT2D eigenvalue weighted by Crippen LogP contribution is -1.97. The van der Waals surface area contributed by atoms with Gasteiger partial charge in [0.1, 0.15) is 0 Å². The SMILES string of the molecule is Cc1nc(-c2ccc(NCc3ccsc3)cc2)cs1. The highest BCUT2D eigenvalue weighted by Gasteiger charge is 2.02. The van der Waals surface area contributed by atoms with Gasteiger partial charge in [-0.1, -0.05) is 12.1 Å². The summed E-state index contributed by atoms with van der Waals surface area (Å²) in [5.41, 5.74) is 4.70. The molecule has 3 rings (SSSR count). The number of rotatable bonds is 4. The maximum absolute atomic E-state index is 4.50. The third kappa shape index (κ3) is 3.03. The van der Waals surface area contributed by atoms with Crippen LogP contribution < -0.4 is 5.32 Å². The molecule has 19 heavy (non-hydrogen) atoms. The number of aryl methyl sites for hydroxylation is 1. The fourth-order valence-corrected chi connectivity index (χ4v) is 3.14. The highest BCUT2D eigenvalue weighted by atomic mass is 32.1. The quantitative estimate of drug-likeness (QED) is 0.745. The van der Waals surface area contributed by atoms with E-state index in [0.29, 0.717) is 0 Å². The van der Waals surface area contributed by atoms with Crippen molar-refractivity contribution in [2.45, 2.75) is 13.5 Å². The van der Waals surface area contributed by atoms with Gasteiger partial charge in [0.2, 0.25) is 0 Å². The first-order valence-corrected chi connectivity index (χ1v) is 7.91. The van der Waals surface area contributed by atoms with E-state index in [-0.39, 0.29) is 0 Å². The van der Waals surface area contributed by atoms with E-state index in [4.69, 9.17) is 0 Å². The third-order valence-corrected chi connectivity index (χ3v) is 4.38. The van der Waals surface area contributed by atoms with Gasteiger partial charge in [0.05, 0.1) is 10.7 Å². The molecular weight excluding hydrogens is 272 g/mol. The summed E-state index contributed by atoms with van der Waals surface area (Å²) in [6.45, 7) is 2.91. The molecule has 96 valence electrons. The average molecular weight is 286 g/mol. The topological polar surface area (TPSA) is 24.9 Å². The summed E-state index contributed by atoms with van der Waals surface area (Å²) in [4.78, 5) is 4.50. The minimum absolute atomic E-state index is 0.874. The van der Waals surface area contributed by atoms with Crippen LogP contribution in [0.3, 0.4) is 0 Å². The first-order valence-electron chi connectivity index (χ1n) is 6.09. The smallest absolute Gasteiger partial charge is 0.0901 e. The Bertz CT molecular complexity index is 639. The van der Waals surface area contributed by atoms with Crippen LogP contribution >= 0.6 is 22.7 Å². The van der Waals surface area contributed by atoms with E-state index in [9.17, 15) is 0 Å². The minimum Gasteiger partial charge on any atom is -0.381 e. The Balaban J connectivity index is 1.69. The van der Waals surface area contributed by atoms with E-state index in [1.807, 2.05) is 6.92 Å². The number of thiophene rings is 1. The van der Waals surface area contributed by atoms with Crippen LogP contribution in [0, 0.1) is 6.92 Å². The molecule has 0 aliphatic carbocycles. The Morgan fingerprint density at radius 2 is 1.95 bits per heavy atom. The van der Waals surface area contributed by atoms with Crippen molar-refractivity contribution in [3.8, 4) is 11.3 Å². The third-order valence-electron chi connectivity index (χ3n) is 2.88. The summed E-state index contributed by atoms with van der Waals surface area (Å²) in [5.74, 6) is 0. The number of hydrogen-bond donors (Lipinski definition) is 1. The minimum atomic E-state index is 0.874. The summed E-state index contributed by atoms with van der Waals surface area (Å²) < 4.78 is 0. The molecule has 2 nitrogen and oxygen atoms in total. The molecule has 0 amide bonds. The van der Waals surface area contributed by atoms with E-state index >= 15 is 0 Å². The van der Waals surface area contributed by atoms with Crippen LogP contribution in [0.15, 0.2) is 46.5 Å². The Labute approximate surface area is 120 Å². The zero-order chi connectivity index (χ0) is 13.1. The molecule has 0 atom stereocenters. The van der Waals surface area contributed by atoms with E-state index < -0.39 is 0 Å². The predicted molar refractivity (Wildman–Crippen MR) is 83.9 cm³/mol. The van der Waals surface area contributed by atoms with Gasteiger partial charge < -0.3 is 5.32 Å². The maximum atomic E-state index is 4.50. The van der Waals surface area contributed by atoms with Gasteiger partial charge in [0.15, 0.2) is 0 Å². The van der Waals surface area contributed by atoms with Gasteiger partial charge >= 0.3 is 0 Å². The van der Waals surface area contributed by atoms with Crippen molar-refractivity contribution in [2.75, 3.05) is 5.32 Å². The molecule has 4 heteroatoms. The Morgan fingerprint density at radius 1 is 1.11 bits per heavy atom. The molecular formula is C15H14N2S2. The molecule has 0 fully saturated rings. The average Bonchev–Trinajstić information content (AvgIpc) is 3.08. The number of hydrogen-bond acceptors (Lipinski definition) is 4. The molecule has 0 aliphatic heterocycles. The van der Waals surface area contributed by atoms with Gasteiger partial charge in [-0.15, -0.1) is 11.3 Å². The number of benzene rings is 1. The summed E-state index contributed by atoms with van der Waals surface area (Å²) in [5, 5.41) is 10.9. The van der Waals surface area contributed by atoms with Gasteiger partial charge in [0, 0.05) is 23.2 Å². The summed E-state index contributed by atoms with van der Waals surface area (Å²) >= 11 is 3.42. The molecule has 2 aromatic heterocycles. The van der Waals surface area contributed by atoms with Gasteiger partial charge in [-0.3, -0.25) is 0 Å². The number of nitrogens with one attached hydrogen (secondary N) is 1. The Hall–Kier alpha value is -1.65. The van der Waals surface area contributed by atoms with Crippen molar-refractivity contribution in [2.24, 2.45) is 0 Å². The van der Waals surface area contributed by atoms with Gasteiger partial charge in [-0.05, 0) is 41.4 Å². The molecule has 0 saturated heterocycles. The zero-order valence-electron chi connectivity index (χ0n) is 10.6. The largest absolute Gasteiger partial charge is 0.381 e. The molecule has 3 aromatic rings. The van der Waals surface area contributed by atoms with Crippen molar-refractivity contribution in [3.05, 3.63) is 57.0 Å². The Morgan fingerprint density at radius 3 is 2.58 bits per heavy atom. The molecule has 0 spiro atoms. The van der Waals surface area contributed by atoms with Crippen molar-refractivity contribution in [1.29, 1.82) is 0 Å². The van der Waals surface area contributed by atoms with E-state index in [1.165, 1.54) is 11.1 Å². The van der Waals surface area contributed by atoms with E-state index in [0.717, 1.165) is 22.9 Å². The molecule has 0 unspecified atom stereocenters. The lowest BCUT2D eigenvalue weighted by Gasteiger charge is -2.05. The van der Waals surface area contributed by atoms with E-state index in [2.05, 4.69) is 56.8 Å². The second-order valence-corrected chi connectivity index (χ2v) is 6.16. The van der Waals surface area contributed by atoms with Crippen LogP contribution in [0.1, 0.15) is 10.6 Å². The maximum Gasteiger partial charge on any atom is 0.0901 e. The predicted octanol–water partition coefficient (Wildman–Crippen LogP) is 4.79. The lowest BCUT2D eigenvalue weighted by atomic mass is 10.1. The molecule has 1 N–H and O–H groups in total. The fraction of sp³-hybridized carbons (Fsp3) is 0.133. The highest BCUT2D eigenvalue weighted by molar-refractivity contribution is 7.09. The highest BCUT2D eigenvalue weighted by Crippen LogP contribution is 2.23. The van der Waals surface area contributed by atoms with Gasteiger partial charge in [-0.25, -0.2) is 4.98 Å². The fourth-order valence-electron chi connectivity index (χ4n) is 1.85. The first kappa shape index (κ1) is 12.4. The van der Waals surface area contributed by atoms with Crippen molar-refractivity contribution < 1.29 is 0 Å². The van der Waals surface area contributed by atoms with Crippen molar-refractivity contribution >= 4 is 28.4 Å². The van der Waals surface area contributed by atoms with Crippen LogP contribution in [-0.4, -0.2) is 4.98 Å².